The van der Waals surface area contributed by atoms with E-state index in [1.165, 1.54) is 5.69 Å². The van der Waals surface area contributed by atoms with Crippen LogP contribution >= 0.6 is 0 Å². The number of benzene rings is 2. The lowest BCUT2D eigenvalue weighted by molar-refractivity contribution is -0.133. The minimum atomic E-state index is -0.0808. The van der Waals surface area contributed by atoms with Gasteiger partial charge in [-0.05, 0) is 30.2 Å². The fourth-order valence-corrected chi connectivity index (χ4v) is 4.91. The zero-order valence-corrected chi connectivity index (χ0v) is 20.3. The first-order chi connectivity index (χ1) is 17.2. The van der Waals surface area contributed by atoms with Crippen LogP contribution in [0.1, 0.15) is 24.8 Å². The highest BCUT2D eigenvalue weighted by molar-refractivity contribution is 5.84. The van der Waals surface area contributed by atoms with Crippen LogP contribution in [0.2, 0.25) is 0 Å². The van der Waals surface area contributed by atoms with Gasteiger partial charge in [0.2, 0.25) is 11.9 Å². The van der Waals surface area contributed by atoms with Gasteiger partial charge in [-0.2, -0.15) is 0 Å². The van der Waals surface area contributed by atoms with E-state index in [1.807, 2.05) is 35.4 Å². The van der Waals surface area contributed by atoms with Crippen LogP contribution in [0.5, 0.6) is 0 Å². The van der Waals surface area contributed by atoms with Crippen molar-refractivity contribution in [3.05, 3.63) is 72.4 Å². The van der Waals surface area contributed by atoms with Crippen LogP contribution in [0, 0.1) is 0 Å². The molecule has 7 heteroatoms. The number of carbonyl (C=O) groups is 1. The number of piperazine rings is 1. The number of hydrogen-bond acceptors (Lipinski definition) is 6. The molecule has 1 atom stereocenters. The maximum absolute atomic E-state index is 13.2. The van der Waals surface area contributed by atoms with Gasteiger partial charge in [0.25, 0.3) is 0 Å². The second-order valence-electron chi connectivity index (χ2n) is 9.07. The van der Waals surface area contributed by atoms with Crippen molar-refractivity contribution in [1.29, 1.82) is 0 Å². The van der Waals surface area contributed by atoms with E-state index in [0.717, 1.165) is 68.6 Å². The van der Waals surface area contributed by atoms with E-state index in [-0.39, 0.29) is 11.8 Å². The van der Waals surface area contributed by atoms with E-state index in [4.69, 9.17) is 9.72 Å². The Labute approximate surface area is 207 Å². The lowest BCUT2D eigenvalue weighted by Gasteiger charge is -2.36. The van der Waals surface area contributed by atoms with Gasteiger partial charge in [-0.1, -0.05) is 49.4 Å². The Bertz CT molecular complexity index is 1110. The minimum absolute atomic E-state index is 0.0808. The zero-order chi connectivity index (χ0) is 24.0. The third kappa shape index (κ3) is 5.30. The summed E-state index contributed by atoms with van der Waals surface area (Å²) in [5, 5.41) is 0. The molecular formula is C28H33N5O2. The van der Waals surface area contributed by atoms with Crippen molar-refractivity contribution in [2.24, 2.45) is 0 Å². The average molecular weight is 472 g/mol. The maximum atomic E-state index is 13.2. The molecule has 2 aliphatic heterocycles. The average Bonchev–Trinajstić information content (AvgIpc) is 2.95. The minimum Gasteiger partial charge on any atom is -0.378 e. The summed E-state index contributed by atoms with van der Waals surface area (Å²) in [6, 6.07) is 20.6. The van der Waals surface area contributed by atoms with Gasteiger partial charge in [-0.3, -0.25) is 4.79 Å². The van der Waals surface area contributed by atoms with Crippen molar-refractivity contribution in [1.82, 2.24) is 14.9 Å². The monoisotopic (exact) mass is 471 g/mol. The first-order valence-corrected chi connectivity index (χ1v) is 12.6. The highest BCUT2D eigenvalue weighted by Gasteiger charge is 2.28. The Morgan fingerprint density at radius 2 is 1.60 bits per heavy atom. The van der Waals surface area contributed by atoms with Gasteiger partial charge < -0.3 is 19.4 Å². The number of morpholine rings is 1. The molecule has 0 bridgehead atoms. The Morgan fingerprint density at radius 1 is 0.886 bits per heavy atom. The molecule has 2 saturated heterocycles. The fraction of sp³-hybridized carbons (Fsp3) is 0.393. The number of anilines is 2. The Morgan fingerprint density at radius 3 is 2.29 bits per heavy atom. The molecular weight excluding hydrogens is 438 g/mol. The number of rotatable bonds is 6. The largest absolute Gasteiger partial charge is 0.378 e. The van der Waals surface area contributed by atoms with Crippen molar-refractivity contribution < 1.29 is 9.53 Å². The second kappa shape index (κ2) is 10.9. The number of aromatic nitrogens is 2. The van der Waals surface area contributed by atoms with Crippen molar-refractivity contribution in [2.75, 3.05) is 62.3 Å². The number of amides is 1. The standard InChI is InChI=1S/C28H33N5O2/c1-2-25(22-6-4-3-5-7-22)27(34)32-14-16-33(17-15-32)28-29-13-12-26(30-28)23-8-10-24(11-9-23)31-18-20-35-21-19-31/h3-13,25H,2,14-21H2,1H3/t25-/m1/s1. The molecule has 2 fully saturated rings. The first kappa shape index (κ1) is 23.3. The lowest BCUT2D eigenvalue weighted by atomic mass is 9.95. The molecule has 3 aromatic rings. The third-order valence-electron chi connectivity index (χ3n) is 6.96. The molecule has 2 aliphatic rings. The predicted octanol–water partition coefficient (Wildman–Crippen LogP) is 3.82. The van der Waals surface area contributed by atoms with Crippen LogP contribution < -0.4 is 9.80 Å². The molecule has 1 aromatic heterocycles. The van der Waals surface area contributed by atoms with E-state index in [2.05, 4.69) is 58.1 Å². The van der Waals surface area contributed by atoms with Crippen LogP contribution in [-0.2, 0) is 9.53 Å². The van der Waals surface area contributed by atoms with Gasteiger partial charge in [-0.25, -0.2) is 9.97 Å². The van der Waals surface area contributed by atoms with Crippen molar-refractivity contribution >= 4 is 17.5 Å². The summed E-state index contributed by atoms with van der Waals surface area (Å²) in [7, 11) is 0. The van der Waals surface area contributed by atoms with Crippen LogP contribution in [0.15, 0.2) is 66.9 Å². The molecule has 0 saturated carbocycles. The van der Waals surface area contributed by atoms with Gasteiger partial charge >= 0.3 is 0 Å². The van der Waals surface area contributed by atoms with Gasteiger partial charge in [0.15, 0.2) is 0 Å². The summed E-state index contributed by atoms with van der Waals surface area (Å²) in [6.07, 6.45) is 2.63. The van der Waals surface area contributed by atoms with E-state index >= 15 is 0 Å². The van der Waals surface area contributed by atoms with Gasteiger partial charge in [0.1, 0.15) is 0 Å². The molecule has 1 amide bonds. The van der Waals surface area contributed by atoms with Gasteiger partial charge in [-0.15, -0.1) is 0 Å². The summed E-state index contributed by atoms with van der Waals surface area (Å²) in [6.45, 7) is 8.33. The van der Waals surface area contributed by atoms with Crippen LogP contribution in [0.4, 0.5) is 11.6 Å². The van der Waals surface area contributed by atoms with Crippen LogP contribution in [0.3, 0.4) is 0 Å². The van der Waals surface area contributed by atoms with E-state index in [0.29, 0.717) is 13.1 Å². The van der Waals surface area contributed by atoms with Crippen LogP contribution in [0.25, 0.3) is 11.3 Å². The smallest absolute Gasteiger partial charge is 0.230 e. The summed E-state index contributed by atoms with van der Waals surface area (Å²) in [5.41, 5.74) is 4.30. The summed E-state index contributed by atoms with van der Waals surface area (Å²) >= 11 is 0. The molecule has 182 valence electrons. The molecule has 3 heterocycles. The molecule has 5 rings (SSSR count). The topological polar surface area (TPSA) is 61.8 Å². The third-order valence-corrected chi connectivity index (χ3v) is 6.96. The number of hydrogen-bond donors (Lipinski definition) is 0. The molecule has 0 radical (unpaired) electrons. The Hall–Kier alpha value is -3.45. The SMILES string of the molecule is CC[C@@H](C(=O)N1CCN(c2nccc(-c3ccc(N4CCOCC4)cc3)n2)CC1)c1ccccc1. The quantitative estimate of drug-likeness (QED) is 0.545. The number of carbonyl (C=O) groups excluding carboxylic acids is 1. The Kier molecular flexibility index (Phi) is 7.23. The molecule has 0 spiro atoms. The first-order valence-electron chi connectivity index (χ1n) is 12.6. The summed E-state index contributed by atoms with van der Waals surface area (Å²) in [5.74, 6) is 0.859. The Balaban J connectivity index is 1.22. The normalized spacial score (nSPS) is 17.3. The van der Waals surface area contributed by atoms with Crippen molar-refractivity contribution in [2.45, 2.75) is 19.3 Å². The van der Waals surface area contributed by atoms with E-state index in [1.54, 1.807) is 0 Å². The molecule has 0 N–H and O–H groups in total. The lowest BCUT2D eigenvalue weighted by Crippen LogP contribution is -2.50. The number of ether oxygens (including phenoxy) is 1. The number of nitrogens with zero attached hydrogens (tertiary/aromatic N) is 5. The molecule has 35 heavy (non-hydrogen) atoms. The summed E-state index contributed by atoms with van der Waals surface area (Å²) in [4.78, 5) is 29.1. The molecule has 2 aromatic carbocycles. The van der Waals surface area contributed by atoms with Crippen molar-refractivity contribution in [3.8, 4) is 11.3 Å². The highest BCUT2D eigenvalue weighted by Crippen LogP contribution is 2.25. The fourth-order valence-electron chi connectivity index (χ4n) is 4.91. The highest BCUT2D eigenvalue weighted by atomic mass is 16.5. The van der Waals surface area contributed by atoms with Gasteiger partial charge in [0, 0.05) is 56.7 Å². The molecule has 7 nitrogen and oxygen atoms in total. The second-order valence-corrected chi connectivity index (χ2v) is 9.07. The van der Waals surface area contributed by atoms with E-state index < -0.39 is 0 Å². The van der Waals surface area contributed by atoms with E-state index in [9.17, 15) is 4.79 Å². The van der Waals surface area contributed by atoms with Crippen molar-refractivity contribution in [3.63, 3.8) is 0 Å². The zero-order valence-electron chi connectivity index (χ0n) is 20.3. The molecule has 0 unspecified atom stereocenters. The van der Waals surface area contributed by atoms with Gasteiger partial charge in [0.05, 0.1) is 24.8 Å². The maximum Gasteiger partial charge on any atom is 0.230 e. The summed E-state index contributed by atoms with van der Waals surface area (Å²) < 4.78 is 5.46. The predicted molar refractivity (Wildman–Crippen MR) is 139 cm³/mol. The molecule has 0 aliphatic carbocycles. The van der Waals surface area contributed by atoms with Crippen LogP contribution in [-0.4, -0.2) is 73.3 Å².